The summed E-state index contributed by atoms with van der Waals surface area (Å²) in [6.45, 7) is 2.94. The fourth-order valence-electron chi connectivity index (χ4n) is 7.03. The van der Waals surface area contributed by atoms with Gasteiger partial charge in [0, 0.05) is 30.5 Å². The van der Waals surface area contributed by atoms with Crippen LogP contribution in [0.3, 0.4) is 0 Å². The molecule has 0 atom stereocenters. The lowest BCUT2D eigenvalue weighted by molar-refractivity contribution is 0.784. The molecule has 6 heterocycles. The van der Waals surface area contributed by atoms with Gasteiger partial charge in [-0.05, 0) is 94.9 Å². The minimum atomic E-state index is -0.140. The number of nitrogens with zero attached hydrogens (tertiary/aromatic N) is 9. The summed E-state index contributed by atoms with van der Waals surface area (Å²) in [6, 6.07) is 36.3. The van der Waals surface area contributed by atoms with Gasteiger partial charge in [0.1, 0.15) is 0 Å². The van der Waals surface area contributed by atoms with E-state index in [-0.39, 0.29) is 11.1 Å². The Morgan fingerprint density at radius 2 is 1.12 bits per heavy atom. The SMILES string of the molecule is Cc1[nH]nc2cc(-c3cccc(Cn4c(=O)cnc5ncccc54)c3)ccc12.Cn1cnc2ccc(-c3cccc(Cn4c(=O)cnc5ncccc54)c3)cc21. The highest BCUT2D eigenvalue weighted by molar-refractivity contribution is 5.86. The van der Waals surface area contributed by atoms with E-state index in [0.29, 0.717) is 24.4 Å². The molecule has 1 N–H and O–H groups in total. The zero-order chi connectivity index (χ0) is 38.2. The van der Waals surface area contributed by atoms with Crippen LogP contribution in [0.15, 0.2) is 150 Å². The second-order valence-electron chi connectivity index (χ2n) is 13.6. The summed E-state index contributed by atoms with van der Waals surface area (Å²) in [4.78, 5) is 45.9. The van der Waals surface area contributed by atoms with E-state index in [9.17, 15) is 9.59 Å². The zero-order valence-corrected chi connectivity index (χ0v) is 30.5. The Kier molecular flexibility index (Phi) is 8.75. The topological polar surface area (TPSA) is 142 Å². The van der Waals surface area contributed by atoms with Crippen molar-refractivity contribution in [3.63, 3.8) is 0 Å². The lowest BCUT2D eigenvalue weighted by Gasteiger charge is -2.10. The van der Waals surface area contributed by atoms with E-state index in [1.165, 1.54) is 12.4 Å². The van der Waals surface area contributed by atoms with Gasteiger partial charge < -0.3 is 4.57 Å². The predicted octanol–water partition coefficient (Wildman–Crippen LogP) is 7.09. The Balaban J connectivity index is 0.000000146. The Morgan fingerprint density at radius 3 is 1.75 bits per heavy atom. The molecule has 12 heteroatoms. The Labute approximate surface area is 319 Å². The number of aromatic nitrogens is 10. The third-order valence-electron chi connectivity index (χ3n) is 9.91. The molecule has 0 aliphatic heterocycles. The van der Waals surface area contributed by atoms with E-state index >= 15 is 0 Å². The van der Waals surface area contributed by atoms with E-state index < -0.39 is 0 Å². The molecule has 0 amide bonds. The first kappa shape index (κ1) is 34.2. The first-order valence-corrected chi connectivity index (χ1v) is 18.0. The van der Waals surface area contributed by atoms with Gasteiger partial charge in [-0.3, -0.25) is 23.8 Å². The van der Waals surface area contributed by atoms with Crippen molar-refractivity contribution < 1.29 is 0 Å². The first-order chi connectivity index (χ1) is 27.4. The van der Waals surface area contributed by atoms with E-state index in [2.05, 4.69) is 89.7 Å². The maximum atomic E-state index is 12.4. The van der Waals surface area contributed by atoms with Gasteiger partial charge in [0.25, 0.3) is 11.1 Å². The smallest absolute Gasteiger partial charge is 0.269 e. The van der Waals surface area contributed by atoms with E-state index in [1.807, 2.05) is 79.5 Å². The number of aryl methyl sites for hydroxylation is 2. The maximum Gasteiger partial charge on any atom is 0.269 e. The van der Waals surface area contributed by atoms with Crippen molar-refractivity contribution in [1.82, 2.24) is 48.8 Å². The molecular weight excluding hydrogens is 701 g/mol. The summed E-state index contributed by atoms with van der Waals surface area (Å²) in [5.74, 6) is 0. The molecule has 6 aromatic heterocycles. The number of fused-ring (bicyclic) bond motifs is 4. The van der Waals surface area contributed by atoms with Crippen LogP contribution in [0, 0.1) is 6.92 Å². The summed E-state index contributed by atoms with van der Waals surface area (Å²) in [7, 11) is 1.99. The monoisotopic (exact) mass is 734 g/mol. The third-order valence-corrected chi connectivity index (χ3v) is 9.91. The van der Waals surface area contributed by atoms with Crippen molar-refractivity contribution in [3.8, 4) is 22.3 Å². The summed E-state index contributed by atoms with van der Waals surface area (Å²) < 4.78 is 5.42. The molecule has 0 aliphatic rings. The first-order valence-electron chi connectivity index (χ1n) is 18.0. The molecule has 0 saturated carbocycles. The molecule has 0 unspecified atom stereocenters. The number of aromatic amines is 1. The number of nitrogens with one attached hydrogen (secondary N) is 1. The summed E-state index contributed by atoms with van der Waals surface area (Å²) in [6.07, 6.45) is 7.83. The van der Waals surface area contributed by atoms with Gasteiger partial charge in [0.05, 0.1) is 59.4 Å². The van der Waals surface area contributed by atoms with Crippen LogP contribution in [0.25, 0.3) is 66.5 Å². The lowest BCUT2D eigenvalue weighted by Crippen LogP contribution is -2.21. The van der Waals surface area contributed by atoms with Crippen LogP contribution in [-0.4, -0.2) is 48.8 Å². The number of rotatable bonds is 6. The van der Waals surface area contributed by atoms with Gasteiger partial charge in [0.15, 0.2) is 11.3 Å². The molecule has 0 bridgehead atoms. The van der Waals surface area contributed by atoms with Crippen molar-refractivity contribution in [2.75, 3.05) is 0 Å². The molecule has 0 radical (unpaired) electrons. The van der Waals surface area contributed by atoms with E-state index in [0.717, 1.165) is 72.0 Å². The quantitative estimate of drug-likeness (QED) is 0.191. The Hall–Kier alpha value is -7.60. The molecule has 0 fully saturated rings. The second kappa shape index (κ2) is 14.3. The molecular formula is C44H34N10O2. The fourth-order valence-corrected chi connectivity index (χ4v) is 7.03. The maximum absolute atomic E-state index is 12.4. The van der Waals surface area contributed by atoms with Gasteiger partial charge in [-0.1, -0.05) is 54.6 Å². The second-order valence-corrected chi connectivity index (χ2v) is 13.6. The van der Waals surface area contributed by atoms with Crippen LogP contribution in [0.5, 0.6) is 0 Å². The van der Waals surface area contributed by atoms with Crippen LogP contribution in [0.2, 0.25) is 0 Å². The molecule has 56 heavy (non-hydrogen) atoms. The number of hydrogen-bond donors (Lipinski definition) is 1. The lowest BCUT2D eigenvalue weighted by atomic mass is 10.0. The predicted molar refractivity (Wildman–Crippen MR) is 218 cm³/mol. The van der Waals surface area contributed by atoms with Crippen LogP contribution in [0.1, 0.15) is 16.8 Å². The van der Waals surface area contributed by atoms with Crippen molar-refractivity contribution in [1.29, 1.82) is 0 Å². The highest BCUT2D eigenvalue weighted by atomic mass is 16.1. The minimum absolute atomic E-state index is 0.137. The number of benzene rings is 4. The summed E-state index contributed by atoms with van der Waals surface area (Å²) in [5, 5.41) is 8.51. The van der Waals surface area contributed by atoms with Gasteiger partial charge in [-0.2, -0.15) is 5.10 Å². The van der Waals surface area contributed by atoms with Crippen molar-refractivity contribution in [2.24, 2.45) is 7.05 Å². The number of H-pyrrole nitrogens is 1. The molecule has 0 saturated heterocycles. The van der Waals surface area contributed by atoms with Gasteiger partial charge in [0.2, 0.25) is 0 Å². The van der Waals surface area contributed by atoms with E-state index in [4.69, 9.17) is 0 Å². The molecule has 272 valence electrons. The zero-order valence-electron chi connectivity index (χ0n) is 30.5. The van der Waals surface area contributed by atoms with Gasteiger partial charge >= 0.3 is 0 Å². The van der Waals surface area contributed by atoms with Gasteiger partial charge in [-0.25, -0.2) is 24.9 Å². The average molecular weight is 735 g/mol. The molecule has 0 aliphatic carbocycles. The largest absolute Gasteiger partial charge is 0.334 e. The van der Waals surface area contributed by atoms with Crippen molar-refractivity contribution in [2.45, 2.75) is 20.0 Å². The number of pyridine rings is 2. The van der Waals surface area contributed by atoms with Crippen LogP contribution in [-0.2, 0) is 20.1 Å². The fraction of sp³-hybridized carbons (Fsp3) is 0.0909. The van der Waals surface area contributed by atoms with Gasteiger partial charge in [-0.15, -0.1) is 0 Å². The van der Waals surface area contributed by atoms with E-state index in [1.54, 1.807) is 21.5 Å². The standard InChI is InChI=1S/2C22H17N5O/c1-26-14-25-18-8-7-17(11-20(18)26)16-5-2-4-15(10-16)13-27-19-6-3-9-23-22(19)24-12-21(27)28;1-14-18-8-7-17(11-19(18)26-25-14)16-5-2-4-15(10-16)13-27-20-6-3-9-23-22(20)24-12-21(27)28/h2-12,14H,13H2,1H3;2-12H,13H2,1H3,(H,25,26). The molecule has 0 spiro atoms. The highest BCUT2D eigenvalue weighted by Crippen LogP contribution is 2.27. The molecule has 12 nitrogen and oxygen atoms in total. The molecule has 10 rings (SSSR count). The third kappa shape index (κ3) is 6.60. The minimum Gasteiger partial charge on any atom is -0.334 e. The summed E-state index contributed by atoms with van der Waals surface area (Å²) in [5.41, 5.74) is 12.9. The van der Waals surface area contributed by atoms with Crippen LogP contribution >= 0.6 is 0 Å². The number of imidazole rings is 1. The van der Waals surface area contributed by atoms with Crippen LogP contribution < -0.4 is 11.1 Å². The Morgan fingerprint density at radius 1 is 0.554 bits per heavy atom. The number of hydrogen-bond acceptors (Lipinski definition) is 8. The molecule has 4 aromatic carbocycles. The normalized spacial score (nSPS) is 11.3. The van der Waals surface area contributed by atoms with Crippen LogP contribution in [0.4, 0.5) is 0 Å². The highest BCUT2D eigenvalue weighted by Gasteiger charge is 2.10. The summed E-state index contributed by atoms with van der Waals surface area (Å²) >= 11 is 0. The average Bonchev–Trinajstić information content (AvgIpc) is 3.81. The Bertz CT molecular complexity index is 3200. The van der Waals surface area contributed by atoms with Crippen molar-refractivity contribution in [3.05, 3.63) is 178 Å². The van der Waals surface area contributed by atoms with Crippen molar-refractivity contribution >= 4 is 44.3 Å². The molecule has 10 aromatic rings.